The minimum atomic E-state index is -3.70. The van der Waals surface area contributed by atoms with Crippen LogP contribution in [0.3, 0.4) is 0 Å². The number of halogens is 1. The van der Waals surface area contributed by atoms with Crippen LogP contribution in [0.4, 0.5) is 10.3 Å². The number of nitrogen functional groups attached to an aromatic ring is 1. The van der Waals surface area contributed by atoms with Crippen LogP contribution in [-0.2, 0) is 16.6 Å². The van der Waals surface area contributed by atoms with Crippen LogP contribution in [0.2, 0.25) is 0 Å². The zero-order valence-corrected chi connectivity index (χ0v) is 18.7. The number of hydrogen-bond donors (Lipinski definition) is 1. The first-order valence-electron chi connectivity index (χ1n) is 10.6. The fourth-order valence-corrected chi connectivity index (χ4v) is 5.06. The summed E-state index contributed by atoms with van der Waals surface area (Å²) in [7, 11) is -3.70. The Bertz CT molecular complexity index is 1420. The fraction of sp³-hybridized carbons (Fsp3) is 0.304. The highest BCUT2D eigenvalue weighted by Gasteiger charge is 2.27. The van der Waals surface area contributed by atoms with Gasteiger partial charge in [-0.2, -0.15) is 0 Å². The minimum absolute atomic E-state index is 0.0592. The summed E-state index contributed by atoms with van der Waals surface area (Å²) >= 11 is 0. The SMILES string of the molecule is CC(C)S(=O)(=O)n1c(N)nc2ccc(-c3c(-c4ccc(F)cc4)ncn3CC3CC3)cc21. The zero-order valence-electron chi connectivity index (χ0n) is 17.9. The summed E-state index contributed by atoms with van der Waals surface area (Å²) in [5, 5.41) is -0.652. The number of nitrogens with two attached hydrogens (primary N) is 1. The highest BCUT2D eigenvalue weighted by Crippen LogP contribution is 2.37. The molecule has 32 heavy (non-hydrogen) atoms. The van der Waals surface area contributed by atoms with Crippen molar-refractivity contribution in [1.29, 1.82) is 0 Å². The molecule has 1 aliphatic rings. The first-order chi connectivity index (χ1) is 15.3. The van der Waals surface area contributed by atoms with E-state index in [0.717, 1.165) is 33.0 Å². The van der Waals surface area contributed by atoms with Gasteiger partial charge in [-0.05, 0) is 69.0 Å². The van der Waals surface area contributed by atoms with Crippen LogP contribution in [0.1, 0.15) is 26.7 Å². The number of rotatable bonds is 6. The van der Waals surface area contributed by atoms with Gasteiger partial charge in [-0.3, -0.25) is 0 Å². The fourth-order valence-electron chi connectivity index (χ4n) is 3.92. The van der Waals surface area contributed by atoms with E-state index < -0.39 is 15.3 Å². The molecule has 5 rings (SSSR count). The van der Waals surface area contributed by atoms with Crippen molar-refractivity contribution in [2.24, 2.45) is 5.92 Å². The molecule has 0 radical (unpaired) electrons. The van der Waals surface area contributed by atoms with Crippen molar-refractivity contribution in [2.75, 3.05) is 5.73 Å². The molecule has 2 aromatic heterocycles. The molecule has 0 amide bonds. The average Bonchev–Trinajstić information content (AvgIpc) is 3.36. The molecule has 1 fully saturated rings. The van der Waals surface area contributed by atoms with Gasteiger partial charge in [-0.15, -0.1) is 0 Å². The Morgan fingerprint density at radius 1 is 1.12 bits per heavy atom. The number of imidazole rings is 2. The predicted octanol–water partition coefficient (Wildman–Crippen LogP) is 4.28. The van der Waals surface area contributed by atoms with Crippen molar-refractivity contribution < 1.29 is 12.8 Å². The maximum absolute atomic E-state index is 13.5. The lowest BCUT2D eigenvalue weighted by Crippen LogP contribution is -2.23. The van der Waals surface area contributed by atoms with Gasteiger partial charge < -0.3 is 10.3 Å². The third kappa shape index (κ3) is 3.46. The van der Waals surface area contributed by atoms with Crippen molar-refractivity contribution in [1.82, 2.24) is 18.5 Å². The smallest absolute Gasteiger partial charge is 0.244 e. The molecule has 0 spiro atoms. The summed E-state index contributed by atoms with van der Waals surface area (Å²) in [6.45, 7) is 4.05. The van der Waals surface area contributed by atoms with Gasteiger partial charge in [0, 0.05) is 17.7 Å². The lowest BCUT2D eigenvalue weighted by molar-refractivity contribution is 0.580. The normalized spacial score (nSPS) is 14.5. The van der Waals surface area contributed by atoms with Gasteiger partial charge in [0.15, 0.2) is 0 Å². The molecule has 7 nitrogen and oxygen atoms in total. The van der Waals surface area contributed by atoms with E-state index in [9.17, 15) is 12.8 Å². The van der Waals surface area contributed by atoms with E-state index in [2.05, 4.69) is 14.5 Å². The van der Waals surface area contributed by atoms with E-state index in [0.29, 0.717) is 17.0 Å². The molecule has 0 bridgehead atoms. The zero-order chi connectivity index (χ0) is 22.6. The lowest BCUT2D eigenvalue weighted by Gasteiger charge is -2.13. The van der Waals surface area contributed by atoms with Crippen molar-refractivity contribution in [3.8, 4) is 22.5 Å². The van der Waals surface area contributed by atoms with Gasteiger partial charge in [-0.1, -0.05) is 6.07 Å². The third-order valence-corrected chi connectivity index (χ3v) is 7.95. The average molecular weight is 454 g/mol. The van der Waals surface area contributed by atoms with Gasteiger partial charge in [0.1, 0.15) is 5.82 Å². The number of nitrogens with zero attached hydrogens (tertiary/aromatic N) is 4. The first-order valence-corrected chi connectivity index (χ1v) is 12.1. The van der Waals surface area contributed by atoms with Crippen LogP contribution in [-0.4, -0.2) is 32.2 Å². The predicted molar refractivity (Wildman–Crippen MR) is 123 cm³/mol. The Hall–Kier alpha value is -3.20. The van der Waals surface area contributed by atoms with Crippen molar-refractivity contribution in [3.05, 3.63) is 54.6 Å². The molecule has 166 valence electrons. The van der Waals surface area contributed by atoms with Crippen molar-refractivity contribution in [2.45, 2.75) is 38.5 Å². The van der Waals surface area contributed by atoms with E-state index in [1.165, 1.54) is 25.0 Å². The molecule has 0 aliphatic heterocycles. The lowest BCUT2D eigenvalue weighted by atomic mass is 10.0. The molecule has 0 unspecified atom stereocenters. The molecule has 0 saturated heterocycles. The molecular weight excluding hydrogens is 429 g/mol. The summed E-state index contributed by atoms with van der Waals surface area (Å²) in [4.78, 5) is 8.89. The van der Waals surface area contributed by atoms with E-state index in [4.69, 9.17) is 5.73 Å². The van der Waals surface area contributed by atoms with Crippen LogP contribution in [0.15, 0.2) is 48.8 Å². The quantitative estimate of drug-likeness (QED) is 0.470. The Morgan fingerprint density at radius 2 is 1.81 bits per heavy atom. The number of aromatic nitrogens is 4. The van der Waals surface area contributed by atoms with Gasteiger partial charge in [0.05, 0.1) is 34.0 Å². The van der Waals surface area contributed by atoms with Crippen LogP contribution >= 0.6 is 0 Å². The summed E-state index contributed by atoms with van der Waals surface area (Å²) < 4.78 is 42.6. The van der Waals surface area contributed by atoms with Crippen LogP contribution in [0.25, 0.3) is 33.5 Å². The molecule has 0 atom stereocenters. The van der Waals surface area contributed by atoms with Gasteiger partial charge in [0.25, 0.3) is 0 Å². The van der Waals surface area contributed by atoms with E-state index in [-0.39, 0.29) is 11.8 Å². The monoisotopic (exact) mass is 453 g/mol. The molecule has 4 aromatic rings. The van der Waals surface area contributed by atoms with E-state index in [1.807, 2.05) is 6.07 Å². The molecule has 1 saturated carbocycles. The van der Waals surface area contributed by atoms with Crippen LogP contribution in [0.5, 0.6) is 0 Å². The Labute approximate surface area is 185 Å². The Morgan fingerprint density at radius 3 is 2.47 bits per heavy atom. The molecule has 2 aromatic carbocycles. The second-order valence-corrected chi connectivity index (χ2v) is 10.9. The van der Waals surface area contributed by atoms with Gasteiger partial charge in [-0.25, -0.2) is 26.7 Å². The molecule has 9 heteroatoms. The maximum atomic E-state index is 13.5. The molecular formula is C23H24FN5O2S. The number of anilines is 1. The van der Waals surface area contributed by atoms with E-state index >= 15 is 0 Å². The summed E-state index contributed by atoms with van der Waals surface area (Å²) in [6.07, 6.45) is 4.16. The van der Waals surface area contributed by atoms with Crippen LogP contribution < -0.4 is 5.73 Å². The summed E-state index contributed by atoms with van der Waals surface area (Å²) in [5.41, 5.74) is 10.1. The van der Waals surface area contributed by atoms with E-state index in [1.54, 1.807) is 44.4 Å². The Kier molecular flexibility index (Phi) is 4.81. The largest absolute Gasteiger partial charge is 0.368 e. The second-order valence-electron chi connectivity index (χ2n) is 8.58. The first kappa shape index (κ1) is 20.7. The highest BCUT2D eigenvalue weighted by molar-refractivity contribution is 7.90. The number of benzene rings is 2. The molecule has 2 N–H and O–H groups in total. The van der Waals surface area contributed by atoms with Crippen LogP contribution in [0, 0.1) is 11.7 Å². The van der Waals surface area contributed by atoms with Crippen molar-refractivity contribution in [3.63, 3.8) is 0 Å². The highest BCUT2D eigenvalue weighted by atomic mass is 32.2. The van der Waals surface area contributed by atoms with Gasteiger partial charge in [0.2, 0.25) is 16.0 Å². The standard InChI is InChI=1S/C23H24FN5O2S/c1-14(2)32(30,31)29-20-11-17(7-10-19(20)27-23(29)25)22-21(16-5-8-18(24)9-6-16)26-13-28(22)12-15-3-4-15/h5-11,13-15H,3-4,12H2,1-2H3,(H2,25,27). The third-order valence-electron chi connectivity index (χ3n) is 5.87. The Balaban J connectivity index is 1.72. The second kappa shape index (κ2) is 7.44. The summed E-state index contributed by atoms with van der Waals surface area (Å²) in [5.74, 6) is 0.235. The topological polar surface area (TPSA) is 95.8 Å². The molecule has 1 aliphatic carbocycles. The summed E-state index contributed by atoms with van der Waals surface area (Å²) in [6, 6.07) is 11.7. The molecule has 2 heterocycles. The number of hydrogen-bond acceptors (Lipinski definition) is 5. The minimum Gasteiger partial charge on any atom is -0.368 e. The van der Waals surface area contributed by atoms with Crippen molar-refractivity contribution >= 4 is 27.0 Å². The maximum Gasteiger partial charge on any atom is 0.244 e. The number of fused-ring (bicyclic) bond motifs is 1. The van der Waals surface area contributed by atoms with Gasteiger partial charge >= 0.3 is 0 Å².